The van der Waals surface area contributed by atoms with Crippen LogP contribution in [0.4, 0.5) is 0 Å². The number of hydrogen-bond acceptors (Lipinski definition) is 5. The molecule has 0 fully saturated rings. The highest BCUT2D eigenvalue weighted by atomic mass is 16.4. The number of carboxylic acids is 1. The molecule has 146 valence electrons. The number of nitrogens with one attached hydrogen (secondary N) is 2. The number of aliphatic carboxylic acids is 1. The van der Waals surface area contributed by atoms with Crippen LogP contribution in [0.5, 0.6) is 0 Å². The van der Waals surface area contributed by atoms with Crippen LogP contribution >= 0.6 is 0 Å². The summed E-state index contributed by atoms with van der Waals surface area (Å²) in [5, 5.41) is 21.2. The number of benzene rings is 1. The van der Waals surface area contributed by atoms with Crippen molar-refractivity contribution >= 4 is 22.8 Å². The second-order valence-electron chi connectivity index (χ2n) is 6.86. The molecule has 9 heteroatoms. The molecular formula is C18H23N3O6. The summed E-state index contributed by atoms with van der Waals surface area (Å²) in [6.07, 6.45) is -1.21. The maximum Gasteiger partial charge on any atom is 0.329 e. The summed E-state index contributed by atoms with van der Waals surface area (Å²) in [5.74, 6) is -2.30. The number of fused-ring (bicyclic) bond motifs is 1. The third kappa shape index (κ3) is 4.43. The van der Waals surface area contributed by atoms with Crippen LogP contribution in [0.2, 0.25) is 0 Å². The molecule has 9 nitrogen and oxygen atoms in total. The zero-order valence-electron chi connectivity index (χ0n) is 15.3. The molecule has 2 rings (SSSR count). The van der Waals surface area contributed by atoms with Gasteiger partial charge in [0.25, 0.3) is 5.56 Å². The van der Waals surface area contributed by atoms with Crippen LogP contribution < -0.4 is 16.6 Å². The molecule has 1 amide bonds. The van der Waals surface area contributed by atoms with Crippen molar-refractivity contribution < 1.29 is 19.8 Å². The van der Waals surface area contributed by atoms with Gasteiger partial charge in [-0.1, -0.05) is 26.0 Å². The molecule has 27 heavy (non-hydrogen) atoms. The third-order valence-electron chi connectivity index (χ3n) is 4.19. The predicted octanol–water partition coefficient (Wildman–Crippen LogP) is 0.227. The molecule has 0 bridgehead atoms. The number of nitrogens with zero attached hydrogens (tertiary/aromatic N) is 1. The molecule has 0 spiro atoms. The van der Waals surface area contributed by atoms with Crippen molar-refractivity contribution in [3.05, 3.63) is 45.1 Å². The zero-order valence-corrected chi connectivity index (χ0v) is 15.3. The second-order valence-corrected chi connectivity index (χ2v) is 6.86. The van der Waals surface area contributed by atoms with Gasteiger partial charge in [0.15, 0.2) is 6.04 Å². The summed E-state index contributed by atoms with van der Waals surface area (Å²) in [7, 11) is 0. The minimum absolute atomic E-state index is 0.0617. The first kappa shape index (κ1) is 20.4. The molecule has 3 atom stereocenters. The van der Waals surface area contributed by atoms with Crippen molar-refractivity contribution in [2.24, 2.45) is 5.92 Å². The fraction of sp³-hybridized carbons (Fsp3) is 0.444. The number of carboxylic acid groups (broad SMARTS) is 1. The average Bonchev–Trinajstić information content (AvgIpc) is 2.57. The molecule has 0 aliphatic heterocycles. The lowest BCUT2D eigenvalue weighted by Crippen LogP contribution is -2.52. The first-order chi connectivity index (χ1) is 12.6. The smallest absolute Gasteiger partial charge is 0.329 e. The van der Waals surface area contributed by atoms with Gasteiger partial charge < -0.3 is 20.5 Å². The molecule has 0 saturated carbocycles. The van der Waals surface area contributed by atoms with E-state index in [1.165, 1.54) is 13.0 Å². The highest BCUT2D eigenvalue weighted by Gasteiger charge is 2.31. The number of aromatic nitrogens is 2. The van der Waals surface area contributed by atoms with E-state index in [1.54, 1.807) is 18.2 Å². The molecule has 0 aliphatic rings. The van der Waals surface area contributed by atoms with Gasteiger partial charge in [0.2, 0.25) is 5.91 Å². The van der Waals surface area contributed by atoms with E-state index in [1.807, 2.05) is 13.8 Å². The summed E-state index contributed by atoms with van der Waals surface area (Å²) in [6, 6.07) is 3.64. The predicted molar refractivity (Wildman–Crippen MR) is 98.6 cm³/mol. The average molecular weight is 377 g/mol. The van der Waals surface area contributed by atoms with E-state index in [4.69, 9.17) is 5.11 Å². The van der Waals surface area contributed by atoms with Crippen molar-refractivity contribution in [3.8, 4) is 0 Å². The highest BCUT2D eigenvalue weighted by Crippen LogP contribution is 2.16. The molecule has 0 aliphatic carbocycles. The standard InChI is InChI=1S/C18H23N3O6/c1-9(2)8-13(15(23)20-14(10(3)22)17(25)26)21-16(24)11-6-4-5-7-12(11)19-18(21)27/h4-7,9-10,13-14,22H,8H2,1-3H3,(H,19,27)(H,20,23)(H,25,26)/t10-,13+,14+/m1/s1. The number of hydrogen-bond donors (Lipinski definition) is 4. The van der Waals surface area contributed by atoms with Gasteiger partial charge >= 0.3 is 11.7 Å². The third-order valence-corrected chi connectivity index (χ3v) is 4.19. The Morgan fingerprint density at radius 3 is 2.37 bits per heavy atom. The zero-order chi connectivity index (χ0) is 20.3. The van der Waals surface area contributed by atoms with Crippen LogP contribution in [0, 0.1) is 5.92 Å². The van der Waals surface area contributed by atoms with E-state index in [9.17, 15) is 24.3 Å². The molecular weight excluding hydrogens is 354 g/mol. The number of aromatic amines is 1. The quantitative estimate of drug-likeness (QED) is 0.544. The molecule has 2 aromatic rings. The van der Waals surface area contributed by atoms with Crippen molar-refractivity contribution in [1.82, 2.24) is 14.9 Å². The van der Waals surface area contributed by atoms with Gasteiger partial charge in [-0.2, -0.15) is 0 Å². The van der Waals surface area contributed by atoms with Crippen LogP contribution in [0.15, 0.2) is 33.9 Å². The number of carbonyl (C=O) groups excluding carboxylic acids is 1. The van der Waals surface area contributed by atoms with E-state index < -0.39 is 41.3 Å². The van der Waals surface area contributed by atoms with E-state index in [0.29, 0.717) is 5.52 Å². The largest absolute Gasteiger partial charge is 0.480 e. The minimum Gasteiger partial charge on any atom is -0.480 e. The number of carbonyl (C=O) groups is 2. The summed E-state index contributed by atoms with van der Waals surface area (Å²) in [4.78, 5) is 51.9. The Morgan fingerprint density at radius 2 is 1.81 bits per heavy atom. The maximum atomic E-state index is 12.8. The van der Waals surface area contributed by atoms with Gasteiger partial charge in [-0.05, 0) is 31.4 Å². The molecule has 0 unspecified atom stereocenters. The van der Waals surface area contributed by atoms with Gasteiger partial charge in [-0.15, -0.1) is 0 Å². The van der Waals surface area contributed by atoms with Crippen LogP contribution in [0.25, 0.3) is 10.9 Å². The Balaban J connectivity index is 2.56. The highest BCUT2D eigenvalue weighted by molar-refractivity contribution is 5.86. The number of amides is 1. The fourth-order valence-electron chi connectivity index (χ4n) is 2.87. The Kier molecular flexibility index (Phi) is 6.17. The Hall–Kier alpha value is -2.94. The van der Waals surface area contributed by atoms with Crippen molar-refractivity contribution in [2.75, 3.05) is 0 Å². The van der Waals surface area contributed by atoms with Crippen LogP contribution in [0.1, 0.15) is 33.2 Å². The second kappa shape index (κ2) is 8.17. The summed E-state index contributed by atoms with van der Waals surface area (Å²) >= 11 is 0. The van der Waals surface area contributed by atoms with Crippen molar-refractivity contribution in [2.45, 2.75) is 45.4 Å². The molecule has 0 radical (unpaired) electrons. The van der Waals surface area contributed by atoms with Gasteiger partial charge in [0, 0.05) is 0 Å². The van der Waals surface area contributed by atoms with Gasteiger partial charge in [0.1, 0.15) is 6.04 Å². The first-order valence-corrected chi connectivity index (χ1v) is 8.58. The van der Waals surface area contributed by atoms with Gasteiger partial charge in [0.05, 0.1) is 17.0 Å². The fourth-order valence-corrected chi connectivity index (χ4v) is 2.87. The molecule has 1 aromatic heterocycles. The van der Waals surface area contributed by atoms with E-state index in [2.05, 4.69) is 10.3 Å². The molecule has 4 N–H and O–H groups in total. The number of para-hydroxylation sites is 1. The lowest BCUT2D eigenvalue weighted by Gasteiger charge is -2.24. The molecule has 1 heterocycles. The topological polar surface area (TPSA) is 141 Å². The molecule has 0 saturated heterocycles. The van der Waals surface area contributed by atoms with Crippen LogP contribution in [0.3, 0.4) is 0 Å². The van der Waals surface area contributed by atoms with Gasteiger partial charge in [-0.3, -0.25) is 9.59 Å². The van der Waals surface area contributed by atoms with E-state index in [0.717, 1.165) is 4.57 Å². The Labute approximate surface area is 154 Å². The Bertz CT molecular complexity index is 959. The summed E-state index contributed by atoms with van der Waals surface area (Å²) in [5.41, 5.74) is -1.05. The van der Waals surface area contributed by atoms with Gasteiger partial charge in [-0.25, -0.2) is 14.2 Å². The molecule has 1 aromatic carbocycles. The summed E-state index contributed by atoms with van der Waals surface area (Å²) in [6.45, 7) is 4.85. The van der Waals surface area contributed by atoms with Crippen molar-refractivity contribution in [3.63, 3.8) is 0 Å². The number of rotatable bonds is 7. The monoisotopic (exact) mass is 377 g/mol. The first-order valence-electron chi connectivity index (χ1n) is 8.58. The normalized spacial score (nSPS) is 14.7. The lowest BCUT2D eigenvalue weighted by molar-refractivity contribution is -0.145. The van der Waals surface area contributed by atoms with Crippen LogP contribution in [-0.2, 0) is 9.59 Å². The van der Waals surface area contributed by atoms with Crippen LogP contribution in [-0.4, -0.2) is 43.8 Å². The number of aliphatic hydroxyl groups excluding tert-OH is 1. The SMILES string of the molecule is CC(C)C[C@@H](C(=O)N[C@H](C(=O)O)[C@@H](C)O)n1c(=O)[nH]c2ccccc2c1=O. The number of aliphatic hydroxyl groups is 1. The number of H-pyrrole nitrogens is 1. The summed E-state index contributed by atoms with van der Waals surface area (Å²) < 4.78 is 0.804. The van der Waals surface area contributed by atoms with E-state index in [-0.39, 0.29) is 17.7 Å². The Morgan fingerprint density at radius 1 is 1.19 bits per heavy atom. The minimum atomic E-state index is -1.55. The lowest BCUT2D eigenvalue weighted by atomic mass is 10.0. The van der Waals surface area contributed by atoms with Crippen molar-refractivity contribution in [1.29, 1.82) is 0 Å². The maximum absolute atomic E-state index is 12.8. The van der Waals surface area contributed by atoms with E-state index >= 15 is 0 Å².